The number of amides is 2. The largest absolute Gasteiger partial charge is 0.479 e. The second kappa shape index (κ2) is 9.35. The summed E-state index contributed by atoms with van der Waals surface area (Å²) in [4.78, 5) is 23.8. The highest BCUT2D eigenvalue weighted by Crippen LogP contribution is 2.30. The Morgan fingerprint density at radius 2 is 1.74 bits per heavy atom. The van der Waals surface area contributed by atoms with E-state index in [0.29, 0.717) is 30.7 Å². The molecule has 4 rings (SSSR count). The molecule has 1 aliphatic rings. The summed E-state index contributed by atoms with van der Waals surface area (Å²) in [6, 6.07) is 20.8. The second-order valence-corrected chi connectivity index (χ2v) is 8.11. The van der Waals surface area contributed by atoms with E-state index in [2.05, 4.69) is 47.1 Å². The smallest absolute Gasteiger partial charge is 0.324 e. The average Bonchev–Trinajstić information content (AvgIpc) is 2.83. The summed E-state index contributed by atoms with van der Waals surface area (Å²) in [6.07, 6.45) is 1.02. The molecule has 1 atom stereocenters. The molecule has 2 amide bonds. The number of nitrogens with zero attached hydrogens (tertiary/aromatic N) is 4. The van der Waals surface area contributed by atoms with Gasteiger partial charge in [-0.25, -0.2) is 9.78 Å². The Labute approximate surface area is 184 Å². The molecule has 0 N–H and O–H groups in total. The molecule has 2 heterocycles. The number of hydrogen-bond acceptors (Lipinski definition) is 4. The van der Waals surface area contributed by atoms with Gasteiger partial charge in [0.1, 0.15) is 5.69 Å². The molecule has 1 unspecified atom stereocenters. The zero-order chi connectivity index (χ0) is 21.8. The number of pyridine rings is 1. The number of para-hydroxylation sites is 1. The van der Waals surface area contributed by atoms with Crippen molar-refractivity contribution in [1.29, 1.82) is 0 Å². The molecule has 0 aliphatic carbocycles. The van der Waals surface area contributed by atoms with Gasteiger partial charge in [-0.15, -0.1) is 0 Å². The van der Waals surface area contributed by atoms with Gasteiger partial charge in [0.05, 0.1) is 12.6 Å². The van der Waals surface area contributed by atoms with Crippen LogP contribution in [0.3, 0.4) is 0 Å². The van der Waals surface area contributed by atoms with E-state index in [1.54, 1.807) is 19.1 Å². The van der Waals surface area contributed by atoms with E-state index in [0.717, 1.165) is 30.4 Å². The lowest BCUT2D eigenvalue weighted by atomic mass is 10.1. The van der Waals surface area contributed by atoms with E-state index in [1.807, 2.05) is 35.2 Å². The Balaban J connectivity index is 1.41. The lowest BCUT2D eigenvalue weighted by Crippen LogP contribution is -2.54. The van der Waals surface area contributed by atoms with Gasteiger partial charge in [0.2, 0.25) is 5.88 Å². The van der Waals surface area contributed by atoms with Crippen molar-refractivity contribution in [2.45, 2.75) is 19.4 Å². The van der Waals surface area contributed by atoms with Gasteiger partial charge >= 0.3 is 6.03 Å². The fourth-order valence-corrected chi connectivity index (χ4v) is 4.23. The first-order chi connectivity index (χ1) is 15.1. The molecule has 3 aromatic rings. The summed E-state index contributed by atoms with van der Waals surface area (Å²) in [7, 11) is 3.38. The number of carbonyl (C=O) groups excluding carboxylic acids is 1. The van der Waals surface area contributed by atoms with E-state index in [-0.39, 0.29) is 6.03 Å². The molecule has 2 aromatic carbocycles. The van der Waals surface area contributed by atoms with Gasteiger partial charge in [0, 0.05) is 44.7 Å². The number of anilines is 1. The monoisotopic (exact) mass is 418 g/mol. The molecule has 0 radical (unpaired) electrons. The summed E-state index contributed by atoms with van der Waals surface area (Å²) in [5.41, 5.74) is 2.89. The van der Waals surface area contributed by atoms with Gasteiger partial charge in [-0.1, -0.05) is 48.5 Å². The molecule has 6 nitrogen and oxygen atoms in total. The fourth-order valence-electron chi connectivity index (χ4n) is 4.23. The third-order valence-corrected chi connectivity index (χ3v) is 6.09. The highest BCUT2D eigenvalue weighted by Gasteiger charge is 2.28. The van der Waals surface area contributed by atoms with Crippen molar-refractivity contribution >= 4 is 22.6 Å². The van der Waals surface area contributed by atoms with Crippen LogP contribution in [0.4, 0.5) is 10.5 Å². The minimum atomic E-state index is -0.0225. The molecule has 1 saturated heterocycles. The van der Waals surface area contributed by atoms with Crippen LogP contribution in [0.25, 0.3) is 10.9 Å². The van der Waals surface area contributed by atoms with E-state index in [1.165, 1.54) is 5.56 Å². The minimum absolute atomic E-state index is 0.0225. The van der Waals surface area contributed by atoms with Crippen molar-refractivity contribution in [3.8, 4) is 5.88 Å². The van der Waals surface area contributed by atoms with Crippen LogP contribution in [-0.4, -0.2) is 67.2 Å². The van der Waals surface area contributed by atoms with Gasteiger partial charge in [-0.05, 0) is 31.0 Å². The van der Waals surface area contributed by atoms with Gasteiger partial charge < -0.3 is 9.64 Å². The lowest BCUT2D eigenvalue weighted by Gasteiger charge is -2.39. The maximum absolute atomic E-state index is 13.2. The normalized spacial score (nSPS) is 15.6. The number of urea groups is 1. The first kappa shape index (κ1) is 21.1. The number of piperazine rings is 1. The van der Waals surface area contributed by atoms with Crippen LogP contribution in [0, 0.1) is 0 Å². The van der Waals surface area contributed by atoms with Gasteiger partial charge in [0.15, 0.2) is 0 Å². The molecular weight excluding hydrogens is 388 g/mol. The second-order valence-electron chi connectivity index (χ2n) is 8.11. The SMILES string of the molecule is COc1nc2ccccc2cc1N(C)C(=O)N1CCN(C(C)Cc2ccccc2)CC1. The van der Waals surface area contributed by atoms with Crippen LogP contribution < -0.4 is 9.64 Å². The Kier molecular flexibility index (Phi) is 6.37. The maximum Gasteiger partial charge on any atom is 0.324 e. The quantitative estimate of drug-likeness (QED) is 0.627. The predicted molar refractivity (Wildman–Crippen MR) is 125 cm³/mol. The molecule has 0 bridgehead atoms. The van der Waals surface area contributed by atoms with Crippen molar-refractivity contribution in [3.63, 3.8) is 0 Å². The molecule has 1 aliphatic heterocycles. The van der Waals surface area contributed by atoms with Crippen LogP contribution >= 0.6 is 0 Å². The zero-order valence-electron chi connectivity index (χ0n) is 18.5. The Morgan fingerprint density at radius 1 is 1.06 bits per heavy atom. The zero-order valence-corrected chi connectivity index (χ0v) is 18.5. The third-order valence-electron chi connectivity index (χ3n) is 6.09. The highest BCUT2D eigenvalue weighted by molar-refractivity contribution is 5.95. The first-order valence-electron chi connectivity index (χ1n) is 10.8. The van der Waals surface area contributed by atoms with Crippen LogP contribution in [0.5, 0.6) is 5.88 Å². The predicted octanol–water partition coefficient (Wildman–Crippen LogP) is 4.05. The summed E-state index contributed by atoms with van der Waals surface area (Å²) in [5, 5.41) is 0.984. The Hall–Kier alpha value is -3.12. The van der Waals surface area contributed by atoms with Crippen LogP contribution in [0.2, 0.25) is 0 Å². The summed E-state index contributed by atoms with van der Waals surface area (Å²) < 4.78 is 5.49. The fraction of sp³-hybridized carbons (Fsp3) is 0.360. The highest BCUT2D eigenvalue weighted by atomic mass is 16.5. The maximum atomic E-state index is 13.2. The van der Waals surface area contributed by atoms with Crippen LogP contribution in [0.15, 0.2) is 60.7 Å². The van der Waals surface area contributed by atoms with E-state index < -0.39 is 0 Å². The van der Waals surface area contributed by atoms with Gasteiger partial charge in [-0.2, -0.15) is 0 Å². The molecule has 6 heteroatoms. The Morgan fingerprint density at radius 3 is 2.45 bits per heavy atom. The number of methoxy groups -OCH3 is 1. The topological polar surface area (TPSA) is 48.9 Å². The number of hydrogen-bond donors (Lipinski definition) is 0. The molecular formula is C25H30N4O2. The number of rotatable bonds is 5. The molecule has 31 heavy (non-hydrogen) atoms. The molecule has 0 saturated carbocycles. The molecule has 0 spiro atoms. The van der Waals surface area contributed by atoms with Crippen molar-refractivity contribution in [2.75, 3.05) is 45.2 Å². The third kappa shape index (κ3) is 4.64. The standard InChI is InChI=1S/C25H30N4O2/c1-19(17-20-9-5-4-6-10-20)28-13-15-29(16-14-28)25(30)27(2)23-18-21-11-7-8-12-22(21)26-24(23)31-3/h4-12,18-19H,13-17H2,1-3H3. The lowest BCUT2D eigenvalue weighted by molar-refractivity contribution is 0.117. The van der Waals surface area contributed by atoms with E-state index in [4.69, 9.17) is 4.74 Å². The van der Waals surface area contributed by atoms with Gasteiger partial charge in [-0.3, -0.25) is 9.80 Å². The van der Waals surface area contributed by atoms with Gasteiger partial charge in [0.25, 0.3) is 0 Å². The van der Waals surface area contributed by atoms with Crippen molar-refractivity contribution in [1.82, 2.24) is 14.8 Å². The van der Waals surface area contributed by atoms with E-state index >= 15 is 0 Å². The summed E-state index contributed by atoms with van der Waals surface area (Å²) in [5.74, 6) is 0.463. The average molecular weight is 419 g/mol. The number of ether oxygens (including phenoxy) is 1. The molecule has 162 valence electrons. The first-order valence-corrected chi connectivity index (χ1v) is 10.8. The van der Waals surface area contributed by atoms with Crippen molar-refractivity contribution in [3.05, 3.63) is 66.2 Å². The number of aromatic nitrogens is 1. The Bertz CT molecular complexity index is 1030. The molecule has 1 aromatic heterocycles. The van der Waals surface area contributed by atoms with Crippen molar-refractivity contribution < 1.29 is 9.53 Å². The van der Waals surface area contributed by atoms with E-state index in [9.17, 15) is 4.79 Å². The molecule has 1 fully saturated rings. The minimum Gasteiger partial charge on any atom is -0.479 e. The van der Waals surface area contributed by atoms with Crippen molar-refractivity contribution in [2.24, 2.45) is 0 Å². The van der Waals surface area contributed by atoms with Crippen LogP contribution in [0.1, 0.15) is 12.5 Å². The summed E-state index contributed by atoms with van der Waals surface area (Å²) >= 11 is 0. The summed E-state index contributed by atoms with van der Waals surface area (Å²) in [6.45, 7) is 5.45. The number of fused-ring (bicyclic) bond motifs is 1. The van der Waals surface area contributed by atoms with Crippen LogP contribution in [-0.2, 0) is 6.42 Å². The number of carbonyl (C=O) groups is 1. The number of benzene rings is 2.